The van der Waals surface area contributed by atoms with E-state index in [1.165, 1.54) is 25.0 Å². The molecule has 1 amide bonds. The third kappa shape index (κ3) is 7.48. The minimum Gasteiger partial charge on any atom is -0.480 e. The van der Waals surface area contributed by atoms with E-state index in [1.807, 2.05) is 45.2 Å². The van der Waals surface area contributed by atoms with Gasteiger partial charge in [0, 0.05) is 50.3 Å². The molecule has 3 N–H and O–H groups in total. The van der Waals surface area contributed by atoms with E-state index in [-0.39, 0.29) is 22.8 Å². The number of aromatic nitrogens is 6. The third-order valence-electron chi connectivity index (χ3n) is 7.31. The molecule has 0 atom stereocenters. The molecule has 0 radical (unpaired) electrons. The lowest BCUT2D eigenvalue weighted by molar-refractivity contribution is -0.119. The van der Waals surface area contributed by atoms with Gasteiger partial charge >= 0.3 is 5.69 Å². The van der Waals surface area contributed by atoms with Crippen molar-refractivity contribution in [3.8, 4) is 28.3 Å². The van der Waals surface area contributed by atoms with Crippen LogP contribution in [0.5, 0.6) is 5.88 Å². The van der Waals surface area contributed by atoms with Gasteiger partial charge in [-0.25, -0.2) is 19.7 Å². The van der Waals surface area contributed by atoms with Gasteiger partial charge in [-0.3, -0.25) is 23.7 Å². The van der Waals surface area contributed by atoms with E-state index in [2.05, 4.69) is 35.9 Å². The Hall–Kier alpha value is -4.85. The van der Waals surface area contributed by atoms with Crippen molar-refractivity contribution in [3.63, 3.8) is 0 Å². The summed E-state index contributed by atoms with van der Waals surface area (Å²) in [5.41, 5.74) is 2.85. The van der Waals surface area contributed by atoms with Crippen LogP contribution >= 0.6 is 23.2 Å². The molecule has 1 aliphatic rings. The van der Waals surface area contributed by atoms with Gasteiger partial charge in [-0.05, 0) is 19.5 Å². The Bertz CT molecular complexity index is 2060. The number of aryl methyl sites for hydroxylation is 1. The van der Waals surface area contributed by atoms with Gasteiger partial charge in [-0.2, -0.15) is 0 Å². The first-order valence-corrected chi connectivity index (χ1v) is 16.0. The van der Waals surface area contributed by atoms with Gasteiger partial charge < -0.3 is 20.7 Å². The van der Waals surface area contributed by atoms with Crippen molar-refractivity contribution in [2.24, 2.45) is 14.1 Å². The van der Waals surface area contributed by atoms with Gasteiger partial charge in [0.15, 0.2) is 5.65 Å². The summed E-state index contributed by atoms with van der Waals surface area (Å²) in [4.78, 5) is 52.9. The Morgan fingerprint density at radius 3 is 2.25 bits per heavy atom. The summed E-state index contributed by atoms with van der Waals surface area (Å²) in [6.45, 7) is 5.39. The molecule has 0 aliphatic carbocycles. The van der Waals surface area contributed by atoms with Gasteiger partial charge in [0.1, 0.15) is 23.2 Å². The van der Waals surface area contributed by atoms with Gasteiger partial charge in [0.2, 0.25) is 11.8 Å². The molecule has 252 valence electrons. The number of methoxy groups -OCH3 is 1. The maximum absolute atomic E-state index is 13.0. The number of carbonyl (C=O) groups excluding carboxylic acids is 1. The van der Waals surface area contributed by atoms with Crippen LogP contribution in [-0.2, 0) is 25.4 Å². The van der Waals surface area contributed by atoms with Crippen molar-refractivity contribution in [1.82, 2.24) is 39.7 Å². The SMILES string of the molecule is CC.CNCc1ncc(-c2cccc(-c3cccc(Nc4ncnc5c4c(=O)n(C)c(=O)n5C)c3Cl)c2Cl)nc1OC.O=C1CCCN1. The molecule has 13 nitrogen and oxygen atoms in total. The highest BCUT2D eigenvalue weighted by Crippen LogP contribution is 2.41. The molecule has 0 spiro atoms. The Morgan fingerprint density at radius 1 is 0.938 bits per heavy atom. The van der Waals surface area contributed by atoms with Crippen molar-refractivity contribution >= 4 is 51.6 Å². The van der Waals surface area contributed by atoms with Gasteiger partial charge in [-0.15, -0.1) is 0 Å². The van der Waals surface area contributed by atoms with E-state index in [0.717, 1.165) is 24.0 Å². The number of amides is 1. The smallest absolute Gasteiger partial charge is 0.332 e. The van der Waals surface area contributed by atoms with Crippen LogP contribution in [-0.4, -0.2) is 55.7 Å². The molecule has 0 bridgehead atoms. The van der Waals surface area contributed by atoms with Crippen molar-refractivity contribution in [1.29, 1.82) is 0 Å². The van der Waals surface area contributed by atoms with Crippen LogP contribution in [0.4, 0.5) is 11.5 Å². The highest BCUT2D eigenvalue weighted by molar-refractivity contribution is 6.39. The van der Waals surface area contributed by atoms with Crippen LogP contribution < -0.4 is 31.9 Å². The number of hydrogen-bond donors (Lipinski definition) is 3. The fourth-order valence-electron chi connectivity index (χ4n) is 4.94. The largest absolute Gasteiger partial charge is 0.480 e. The summed E-state index contributed by atoms with van der Waals surface area (Å²) in [5.74, 6) is 0.817. The van der Waals surface area contributed by atoms with Crippen LogP contribution in [0, 0.1) is 0 Å². The molecule has 15 heteroatoms. The number of nitrogens with one attached hydrogen (secondary N) is 3. The molecule has 6 rings (SSSR count). The van der Waals surface area contributed by atoms with E-state index >= 15 is 0 Å². The molecule has 5 aromatic rings. The van der Waals surface area contributed by atoms with Gasteiger partial charge in [0.05, 0.1) is 34.7 Å². The Balaban J connectivity index is 0.000000578. The van der Waals surface area contributed by atoms with Gasteiger partial charge in [0.25, 0.3) is 5.56 Å². The van der Waals surface area contributed by atoms with Crippen molar-refractivity contribution in [2.45, 2.75) is 33.2 Å². The lowest BCUT2D eigenvalue weighted by Crippen LogP contribution is -2.37. The number of ether oxygens (including phenoxy) is 1. The molecule has 48 heavy (non-hydrogen) atoms. The minimum absolute atomic E-state index is 0.155. The zero-order valence-electron chi connectivity index (χ0n) is 27.5. The van der Waals surface area contributed by atoms with E-state index < -0.39 is 11.2 Å². The van der Waals surface area contributed by atoms with Crippen molar-refractivity contribution < 1.29 is 9.53 Å². The fraction of sp³-hybridized carbons (Fsp3) is 0.303. The summed E-state index contributed by atoms with van der Waals surface area (Å²) in [5, 5.41) is 9.79. The first-order chi connectivity index (χ1) is 23.2. The molecule has 1 saturated heterocycles. The monoisotopic (exact) mass is 693 g/mol. The zero-order valence-corrected chi connectivity index (χ0v) is 29.0. The van der Waals surface area contributed by atoms with Crippen LogP contribution in [0.15, 0.2) is 58.5 Å². The minimum atomic E-state index is -0.526. The number of anilines is 2. The number of rotatable bonds is 7. The Labute approximate surface area is 287 Å². The Kier molecular flexibility index (Phi) is 12.2. The quantitative estimate of drug-likeness (QED) is 0.215. The standard InChI is InChI=1S/C27H24Cl2N8O3.C4H7NO.C2H6/c1-30-11-19-25(40-4)35-18(12-31-19)16-9-5-7-14(21(16)28)15-8-6-10-17(22(15)29)34-23-20-24(33-13-32-23)36(2)27(39)37(3)26(20)38;6-4-2-1-3-5-4;1-2/h5-10,12-13,30H,11H2,1-4H3,(H,32,33,34);1-3H2,(H,5,6);1-2H3. The lowest BCUT2D eigenvalue weighted by Gasteiger charge is -2.16. The number of halogens is 2. The highest BCUT2D eigenvalue weighted by atomic mass is 35.5. The fourth-order valence-corrected chi connectivity index (χ4v) is 5.54. The molecule has 1 aliphatic heterocycles. The molecule has 0 saturated carbocycles. The van der Waals surface area contributed by atoms with Gasteiger partial charge in [-0.1, -0.05) is 67.4 Å². The van der Waals surface area contributed by atoms with Crippen molar-refractivity contribution in [2.75, 3.05) is 26.0 Å². The number of nitrogens with zero attached hydrogens (tertiary/aromatic N) is 6. The topological polar surface area (TPSA) is 158 Å². The highest BCUT2D eigenvalue weighted by Gasteiger charge is 2.19. The molecule has 1 fully saturated rings. The van der Waals surface area contributed by atoms with Crippen LogP contribution in [0.25, 0.3) is 33.4 Å². The first-order valence-electron chi connectivity index (χ1n) is 15.2. The number of fused-ring (bicyclic) bond motifs is 1. The summed E-state index contributed by atoms with van der Waals surface area (Å²) < 4.78 is 7.72. The molecule has 4 heterocycles. The normalized spacial score (nSPS) is 12.0. The average molecular weight is 695 g/mol. The number of carbonyl (C=O) groups is 1. The number of hydrogen-bond acceptors (Lipinski definition) is 10. The first kappa shape index (κ1) is 36.0. The van der Waals surface area contributed by atoms with Crippen LogP contribution in [0.3, 0.4) is 0 Å². The molecular formula is C33H37Cl2N9O4. The van der Waals surface area contributed by atoms with Crippen molar-refractivity contribution in [3.05, 3.63) is 85.5 Å². The third-order valence-corrected chi connectivity index (χ3v) is 8.12. The molecule has 3 aromatic heterocycles. The molecular weight excluding hydrogens is 657 g/mol. The average Bonchev–Trinajstić information content (AvgIpc) is 3.59. The second kappa shape index (κ2) is 16.3. The Morgan fingerprint density at radius 2 is 1.62 bits per heavy atom. The predicted octanol–water partition coefficient (Wildman–Crippen LogP) is 4.85. The predicted molar refractivity (Wildman–Crippen MR) is 189 cm³/mol. The molecule has 2 aromatic carbocycles. The van der Waals surface area contributed by atoms with Crippen LogP contribution in [0.2, 0.25) is 10.0 Å². The summed E-state index contributed by atoms with van der Waals surface area (Å²) in [7, 11) is 6.30. The summed E-state index contributed by atoms with van der Waals surface area (Å²) in [6, 6.07) is 10.9. The summed E-state index contributed by atoms with van der Waals surface area (Å²) >= 11 is 13.8. The number of benzene rings is 2. The second-order valence-electron chi connectivity index (χ2n) is 10.3. The lowest BCUT2D eigenvalue weighted by atomic mass is 10.0. The molecule has 0 unspecified atom stereocenters. The maximum atomic E-state index is 13.0. The zero-order chi connectivity index (χ0) is 35.0. The van der Waals surface area contributed by atoms with E-state index in [9.17, 15) is 14.4 Å². The van der Waals surface area contributed by atoms with E-state index in [0.29, 0.717) is 56.2 Å². The maximum Gasteiger partial charge on any atom is 0.332 e. The van der Waals surface area contributed by atoms with Crippen LogP contribution in [0.1, 0.15) is 32.4 Å². The second-order valence-corrected chi connectivity index (χ2v) is 11.0. The van der Waals surface area contributed by atoms with E-state index in [4.69, 9.17) is 27.9 Å². The summed E-state index contributed by atoms with van der Waals surface area (Å²) in [6.07, 6.45) is 4.69. The van der Waals surface area contributed by atoms with E-state index in [1.54, 1.807) is 25.4 Å².